The van der Waals surface area contributed by atoms with Crippen molar-refractivity contribution in [2.45, 2.75) is 31.3 Å². The lowest BCUT2D eigenvalue weighted by atomic mass is 10.1. The fourth-order valence-electron chi connectivity index (χ4n) is 2.49. The Morgan fingerprint density at radius 1 is 1.32 bits per heavy atom. The number of hydrogen-bond acceptors (Lipinski definition) is 3. The number of nitrogens with two attached hydrogens (primary N) is 2. The summed E-state index contributed by atoms with van der Waals surface area (Å²) in [7, 11) is 0. The fraction of sp³-hybridized carbons (Fsp3) is 0.429. The number of nitrogens with zero attached hydrogens (tertiary/aromatic N) is 1. The molecule has 2 amide bonds. The minimum atomic E-state index is -0.623. The molecule has 5 heteroatoms. The number of rotatable bonds is 4. The van der Waals surface area contributed by atoms with Crippen LogP contribution >= 0.6 is 0 Å². The smallest absolute Gasteiger partial charge is 0.240 e. The molecule has 0 aromatic heterocycles. The summed E-state index contributed by atoms with van der Waals surface area (Å²) < 4.78 is 0. The van der Waals surface area contributed by atoms with E-state index in [0.29, 0.717) is 19.4 Å². The molecule has 1 aliphatic heterocycles. The maximum atomic E-state index is 12.3. The van der Waals surface area contributed by atoms with Gasteiger partial charge in [-0.1, -0.05) is 30.3 Å². The summed E-state index contributed by atoms with van der Waals surface area (Å²) in [4.78, 5) is 25.1. The number of carbonyl (C=O) groups excluding carboxylic acids is 2. The van der Waals surface area contributed by atoms with Gasteiger partial charge in [-0.3, -0.25) is 9.59 Å². The zero-order chi connectivity index (χ0) is 13.8. The van der Waals surface area contributed by atoms with Gasteiger partial charge in [0.15, 0.2) is 0 Å². The van der Waals surface area contributed by atoms with Gasteiger partial charge in [-0.25, -0.2) is 0 Å². The first-order valence-electron chi connectivity index (χ1n) is 6.49. The monoisotopic (exact) mass is 261 g/mol. The van der Waals surface area contributed by atoms with Gasteiger partial charge in [0, 0.05) is 6.54 Å². The van der Waals surface area contributed by atoms with Gasteiger partial charge in [0.1, 0.15) is 6.04 Å². The molecule has 1 saturated heterocycles. The highest BCUT2D eigenvalue weighted by Crippen LogP contribution is 2.18. The first kappa shape index (κ1) is 13.5. The molecule has 1 aromatic rings. The summed E-state index contributed by atoms with van der Waals surface area (Å²) in [5, 5.41) is 0. The Balaban J connectivity index is 2.01. The number of primary amides is 1. The van der Waals surface area contributed by atoms with E-state index in [9.17, 15) is 9.59 Å². The van der Waals surface area contributed by atoms with Gasteiger partial charge in [0.25, 0.3) is 0 Å². The van der Waals surface area contributed by atoms with Crippen molar-refractivity contribution in [2.75, 3.05) is 6.54 Å². The van der Waals surface area contributed by atoms with Gasteiger partial charge < -0.3 is 16.4 Å². The Morgan fingerprint density at radius 2 is 2.00 bits per heavy atom. The van der Waals surface area contributed by atoms with E-state index in [1.54, 1.807) is 0 Å². The zero-order valence-corrected chi connectivity index (χ0v) is 10.8. The van der Waals surface area contributed by atoms with Crippen molar-refractivity contribution in [1.29, 1.82) is 0 Å². The van der Waals surface area contributed by atoms with E-state index in [0.717, 1.165) is 12.0 Å². The Kier molecular flexibility index (Phi) is 4.16. The molecule has 0 saturated carbocycles. The molecule has 19 heavy (non-hydrogen) atoms. The minimum Gasteiger partial charge on any atom is -0.368 e. The Bertz CT molecular complexity index is 461. The van der Waals surface area contributed by atoms with Gasteiger partial charge in [0.05, 0.1) is 6.04 Å². The second kappa shape index (κ2) is 5.84. The molecular weight excluding hydrogens is 242 g/mol. The van der Waals surface area contributed by atoms with E-state index in [1.165, 1.54) is 4.90 Å². The van der Waals surface area contributed by atoms with Gasteiger partial charge in [-0.15, -0.1) is 0 Å². The van der Waals surface area contributed by atoms with Crippen molar-refractivity contribution < 1.29 is 9.59 Å². The summed E-state index contributed by atoms with van der Waals surface area (Å²) in [6.45, 7) is 0.564. The highest BCUT2D eigenvalue weighted by molar-refractivity contribution is 5.89. The summed E-state index contributed by atoms with van der Waals surface area (Å²) >= 11 is 0. The van der Waals surface area contributed by atoms with Crippen LogP contribution in [0.15, 0.2) is 30.3 Å². The van der Waals surface area contributed by atoms with E-state index < -0.39 is 18.0 Å². The van der Waals surface area contributed by atoms with Gasteiger partial charge in [-0.2, -0.15) is 0 Å². The average Bonchev–Trinajstić information content (AvgIpc) is 2.88. The van der Waals surface area contributed by atoms with E-state index in [4.69, 9.17) is 11.5 Å². The van der Waals surface area contributed by atoms with E-state index >= 15 is 0 Å². The highest BCUT2D eigenvalue weighted by atomic mass is 16.2. The Morgan fingerprint density at radius 3 is 2.63 bits per heavy atom. The topological polar surface area (TPSA) is 89.4 Å². The molecule has 0 spiro atoms. The van der Waals surface area contributed by atoms with Crippen LogP contribution in [0.3, 0.4) is 0 Å². The summed E-state index contributed by atoms with van der Waals surface area (Å²) in [6, 6.07) is 8.49. The highest BCUT2D eigenvalue weighted by Gasteiger charge is 2.34. The predicted molar refractivity (Wildman–Crippen MR) is 72.1 cm³/mol. The zero-order valence-electron chi connectivity index (χ0n) is 10.8. The second-order valence-corrected chi connectivity index (χ2v) is 4.89. The van der Waals surface area contributed by atoms with Crippen LogP contribution in [0.25, 0.3) is 0 Å². The van der Waals surface area contributed by atoms with Crippen molar-refractivity contribution >= 4 is 11.8 Å². The molecule has 1 fully saturated rings. The van der Waals surface area contributed by atoms with Crippen LogP contribution < -0.4 is 11.5 Å². The summed E-state index contributed by atoms with van der Waals surface area (Å²) in [5.41, 5.74) is 12.3. The molecule has 1 aliphatic rings. The maximum Gasteiger partial charge on any atom is 0.240 e. The number of hydrogen-bond donors (Lipinski definition) is 2. The minimum absolute atomic E-state index is 0.190. The van der Waals surface area contributed by atoms with Crippen molar-refractivity contribution in [3.05, 3.63) is 35.9 Å². The van der Waals surface area contributed by atoms with Crippen LogP contribution in [0.1, 0.15) is 18.4 Å². The van der Waals surface area contributed by atoms with Crippen LogP contribution in [-0.2, 0) is 16.0 Å². The lowest BCUT2D eigenvalue weighted by molar-refractivity contribution is -0.138. The van der Waals surface area contributed by atoms with Crippen LogP contribution in [-0.4, -0.2) is 35.3 Å². The molecule has 2 rings (SSSR count). The van der Waals surface area contributed by atoms with Crippen LogP contribution in [0.2, 0.25) is 0 Å². The van der Waals surface area contributed by atoms with Crippen LogP contribution in [0, 0.1) is 0 Å². The fourth-order valence-corrected chi connectivity index (χ4v) is 2.49. The van der Waals surface area contributed by atoms with E-state index in [1.807, 2.05) is 30.3 Å². The lowest BCUT2D eigenvalue weighted by Gasteiger charge is -2.25. The number of likely N-dealkylation sites (tertiary alicyclic amines) is 1. The third kappa shape index (κ3) is 3.12. The molecule has 1 heterocycles. The third-order valence-corrected chi connectivity index (χ3v) is 3.48. The third-order valence-electron chi connectivity index (χ3n) is 3.48. The largest absolute Gasteiger partial charge is 0.368 e. The van der Waals surface area contributed by atoms with E-state index in [-0.39, 0.29) is 5.91 Å². The predicted octanol–water partition coefficient (Wildman–Crippen LogP) is 0.0327. The second-order valence-electron chi connectivity index (χ2n) is 4.89. The molecule has 2 atom stereocenters. The first-order chi connectivity index (χ1) is 9.09. The SMILES string of the molecule is NC(=O)[C@@H]1CCCN1C(=O)[C@@H](N)Cc1ccccc1. The van der Waals surface area contributed by atoms with Crippen molar-refractivity contribution in [3.63, 3.8) is 0 Å². The van der Waals surface area contributed by atoms with Crippen molar-refractivity contribution in [2.24, 2.45) is 11.5 Å². The summed E-state index contributed by atoms with van der Waals surface area (Å²) in [5.74, 6) is -0.636. The van der Waals surface area contributed by atoms with Gasteiger partial charge >= 0.3 is 0 Å². The molecule has 5 nitrogen and oxygen atoms in total. The van der Waals surface area contributed by atoms with Gasteiger partial charge in [0.2, 0.25) is 11.8 Å². The molecule has 0 bridgehead atoms. The van der Waals surface area contributed by atoms with Crippen LogP contribution in [0.4, 0.5) is 0 Å². The maximum absolute atomic E-state index is 12.3. The summed E-state index contributed by atoms with van der Waals surface area (Å²) in [6.07, 6.45) is 1.91. The number of benzene rings is 1. The molecule has 0 aliphatic carbocycles. The molecular formula is C14H19N3O2. The molecule has 1 aromatic carbocycles. The van der Waals surface area contributed by atoms with Crippen molar-refractivity contribution in [3.8, 4) is 0 Å². The Hall–Kier alpha value is -1.88. The van der Waals surface area contributed by atoms with Crippen LogP contribution in [0.5, 0.6) is 0 Å². The lowest BCUT2D eigenvalue weighted by Crippen LogP contribution is -2.50. The normalized spacial score (nSPS) is 20.3. The molecule has 0 radical (unpaired) electrons. The molecule has 102 valence electrons. The first-order valence-corrected chi connectivity index (χ1v) is 6.49. The average molecular weight is 261 g/mol. The Labute approximate surface area is 112 Å². The molecule has 0 unspecified atom stereocenters. The quantitative estimate of drug-likeness (QED) is 0.801. The molecule has 4 N–H and O–H groups in total. The van der Waals surface area contributed by atoms with Crippen molar-refractivity contribution in [1.82, 2.24) is 4.90 Å². The van der Waals surface area contributed by atoms with Gasteiger partial charge in [-0.05, 0) is 24.8 Å². The van der Waals surface area contributed by atoms with E-state index in [2.05, 4.69) is 0 Å². The number of amides is 2. The standard InChI is InChI=1S/C14H19N3O2/c15-11(9-10-5-2-1-3-6-10)14(19)17-8-4-7-12(17)13(16)18/h1-3,5-6,11-12H,4,7-9,15H2,(H2,16,18)/t11-,12-/m0/s1. The number of carbonyl (C=O) groups is 2.